The van der Waals surface area contributed by atoms with Crippen LogP contribution in [0, 0.1) is 0 Å². The van der Waals surface area contributed by atoms with E-state index in [0.29, 0.717) is 6.42 Å². The van der Waals surface area contributed by atoms with Crippen LogP contribution in [-0.4, -0.2) is 23.3 Å². The summed E-state index contributed by atoms with van der Waals surface area (Å²) in [6.07, 6.45) is -9.02. The van der Waals surface area contributed by atoms with Crippen molar-refractivity contribution in [3.05, 3.63) is 29.8 Å². The lowest BCUT2D eigenvalue weighted by atomic mass is 10.0. The van der Waals surface area contributed by atoms with Crippen molar-refractivity contribution in [1.82, 2.24) is 0 Å². The lowest BCUT2D eigenvalue weighted by molar-refractivity contribution is -0.290. The van der Waals surface area contributed by atoms with Crippen LogP contribution in [0.15, 0.2) is 24.3 Å². The van der Waals surface area contributed by atoms with E-state index in [1.807, 2.05) is 6.92 Å². The van der Waals surface area contributed by atoms with Crippen LogP contribution in [-0.2, 0) is 0 Å². The van der Waals surface area contributed by atoms with Crippen LogP contribution in [0.4, 0.5) is 22.0 Å². The second-order valence-electron chi connectivity index (χ2n) is 4.80. The SMILES string of the molecule is CCC(C)Oc1ccccc1C(O)CC(F)(F)C(F)(F)F. The van der Waals surface area contributed by atoms with E-state index >= 15 is 0 Å². The van der Waals surface area contributed by atoms with Gasteiger partial charge in [0.05, 0.1) is 18.6 Å². The molecule has 0 heterocycles. The van der Waals surface area contributed by atoms with E-state index in [1.165, 1.54) is 18.2 Å². The van der Waals surface area contributed by atoms with Gasteiger partial charge in [-0.3, -0.25) is 0 Å². The maximum absolute atomic E-state index is 13.0. The fraction of sp³-hybridized carbons (Fsp3) is 0.571. The number of para-hydroxylation sites is 1. The average Bonchev–Trinajstić information content (AvgIpc) is 2.37. The van der Waals surface area contributed by atoms with Crippen molar-refractivity contribution in [3.63, 3.8) is 0 Å². The monoisotopic (exact) mass is 312 g/mol. The van der Waals surface area contributed by atoms with E-state index < -0.39 is 24.6 Å². The molecule has 0 fully saturated rings. The van der Waals surface area contributed by atoms with Crippen LogP contribution in [0.1, 0.15) is 38.4 Å². The summed E-state index contributed by atoms with van der Waals surface area (Å²) in [6, 6.07) is 5.69. The molecule has 0 bridgehead atoms. The van der Waals surface area contributed by atoms with E-state index in [1.54, 1.807) is 13.0 Å². The molecule has 1 aromatic rings. The summed E-state index contributed by atoms with van der Waals surface area (Å²) in [5.74, 6) is -4.85. The Balaban J connectivity index is 2.95. The molecule has 0 aromatic heterocycles. The Kier molecular flexibility index (Phi) is 5.55. The van der Waals surface area contributed by atoms with Gasteiger partial charge in [-0.15, -0.1) is 0 Å². The van der Waals surface area contributed by atoms with E-state index in [-0.39, 0.29) is 17.4 Å². The smallest absolute Gasteiger partial charge is 0.453 e. The van der Waals surface area contributed by atoms with Crippen molar-refractivity contribution in [2.75, 3.05) is 0 Å². The molecule has 0 saturated carbocycles. The highest BCUT2D eigenvalue weighted by Gasteiger charge is 2.58. The van der Waals surface area contributed by atoms with Gasteiger partial charge in [-0.05, 0) is 19.4 Å². The van der Waals surface area contributed by atoms with E-state index in [0.717, 1.165) is 0 Å². The first kappa shape index (κ1) is 17.7. The molecule has 1 N–H and O–H groups in total. The molecule has 2 nitrogen and oxygen atoms in total. The zero-order valence-corrected chi connectivity index (χ0v) is 11.6. The number of alkyl halides is 5. The third-order valence-electron chi connectivity index (χ3n) is 3.05. The fourth-order valence-corrected chi connectivity index (χ4v) is 1.63. The largest absolute Gasteiger partial charge is 0.490 e. The highest BCUT2D eigenvalue weighted by Crippen LogP contribution is 2.42. The zero-order chi connectivity index (χ0) is 16.3. The van der Waals surface area contributed by atoms with Crippen molar-refractivity contribution < 1.29 is 31.8 Å². The zero-order valence-electron chi connectivity index (χ0n) is 11.6. The van der Waals surface area contributed by atoms with Crippen LogP contribution in [0.25, 0.3) is 0 Å². The van der Waals surface area contributed by atoms with Crippen molar-refractivity contribution in [2.45, 2.75) is 51.0 Å². The second-order valence-corrected chi connectivity index (χ2v) is 4.80. The number of hydrogen-bond acceptors (Lipinski definition) is 2. The Labute approximate surface area is 119 Å². The van der Waals surface area contributed by atoms with Crippen LogP contribution >= 0.6 is 0 Å². The molecule has 2 unspecified atom stereocenters. The van der Waals surface area contributed by atoms with Gasteiger partial charge in [0.15, 0.2) is 0 Å². The van der Waals surface area contributed by atoms with Gasteiger partial charge in [0.25, 0.3) is 0 Å². The molecular weight excluding hydrogens is 295 g/mol. The minimum absolute atomic E-state index is 0.0817. The van der Waals surface area contributed by atoms with Crippen LogP contribution in [0.5, 0.6) is 5.75 Å². The van der Waals surface area contributed by atoms with E-state index in [9.17, 15) is 27.1 Å². The van der Waals surface area contributed by atoms with Crippen LogP contribution in [0.3, 0.4) is 0 Å². The summed E-state index contributed by atoms with van der Waals surface area (Å²) in [5, 5.41) is 9.73. The Morgan fingerprint density at radius 2 is 1.71 bits per heavy atom. The number of benzene rings is 1. The molecule has 7 heteroatoms. The minimum atomic E-state index is -5.69. The highest BCUT2D eigenvalue weighted by atomic mass is 19.4. The quantitative estimate of drug-likeness (QED) is 0.785. The van der Waals surface area contributed by atoms with Gasteiger partial charge in [-0.25, -0.2) is 0 Å². The summed E-state index contributed by atoms with van der Waals surface area (Å²) in [6.45, 7) is 3.56. The molecule has 0 aliphatic heterocycles. The van der Waals surface area contributed by atoms with Crippen molar-refractivity contribution in [3.8, 4) is 5.75 Å². The first-order valence-electron chi connectivity index (χ1n) is 6.46. The maximum Gasteiger partial charge on any atom is 0.453 e. The first-order chi connectivity index (χ1) is 9.58. The molecular formula is C14H17F5O2. The molecule has 2 atom stereocenters. The molecule has 0 radical (unpaired) electrons. The van der Waals surface area contributed by atoms with Crippen molar-refractivity contribution in [2.24, 2.45) is 0 Å². The fourth-order valence-electron chi connectivity index (χ4n) is 1.63. The molecule has 1 aromatic carbocycles. The lowest BCUT2D eigenvalue weighted by Crippen LogP contribution is -2.37. The van der Waals surface area contributed by atoms with Crippen molar-refractivity contribution >= 4 is 0 Å². The molecule has 21 heavy (non-hydrogen) atoms. The molecule has 0 aliphatic carbocycles. The normalized spacial score (nSPS) is 15.6. The summed E-state index contributed by atoms with van der Waals surface area (Å²) in [4.78, 5) is 0. The maximum atomic E-state index is 13.0. The van der Waals surface area contributed by atoms with Crippen LogP contribution < -0.4 is 4.74 Å². The molecule has 0 saturated heterocycles. The summed E-state index contributed by atoms with van der Waals surface area (Å²) in [7, 11) is 0. The number of aliphatic hydroxyl groups excluding tert-OH is 1. The van der Waals surface area contributed by atoms with Gasteiger partial charge in [0.2, 0.25) is 0 Å². The summed E-state index contributed by atoms with van der Waals surface area (Å²) >= 11 is 0. The van der Waals surface area contributed by atoms with E-state index in [4.69, 9.17) is 4.74 Å². The predicted molar refractivity (Wildman–Crippen MR) is 67.4 cm³/mol. The number of halogens is 5. The molecule has 0 spiro atoms. The molecule has 120 valence electrons. The lowest BCUT2D eigenvalue weighted by Gasteiger charge is -2.24. The molecule has 0 amide bonds. The van der Waals surface area contributed by atoms with Gasteiger partial charge < -0.3 is 9.84 Å². The minimum Gasteiger partial charge on any atom is -0.490 e. The number of hydrogen-bond donors (Lipinski definition) is 1. The predicted octanol–water partition coefficient (Wildman–Crippen LogP) is 4.49. The number of ether oxygens (including phenoxy) is 1. The summed E-state index contributed by atoms with van der Waals surface area (Å²) < 4.78 is 68.0. The number of rotatable bonds is 6. The van der Waals surface area contributed by atoms with Gasteiger partial charge in [0.1, 0.15) is 5.75 Å². The highest BCUT2D eigenvalue weighted by molar-refractivity contribution is 5.35. The summed E-state index contributed by atoms with van der Waals surface area (Å²) in [5.41, 5.74) is -0.0817. The first-order valence-corrected chi connectivity index (χ1v) is 6.46. The Hall–Kier alpha value is -1.37. The van der Waals surface area contributed by atoms with Crippen molar-refractivity contribution in [1.29, 1.82) is 0 Å². The third kappa shape index (κ3) is 4.56. The van der Waals surface area contributed by atoms with Gasteiger partial charge in [-0.1, -0.05) is 25.1 Å². The average molecular weight is 312 g/mol. The standard InChI is InChI=1S/C14H17F5O2/c1-3-9(2)21-12-7-5-4-6-10(12)11(20)8-13(15,16)14(17,18)19/h4-7,9,11,20H,3,8H2,1-2H3. The third-order valence-corrected chi connectivity index (χ3v) is 3.05. The van der Waals surface area contributed by atoms with Gasteiger partial charge >= 0.3 is 12.1 Å². The Bertz CT molecular complexity index is 459. The van der Waals surface area contributed by atoms with Gasteiger partial charge in [0, 0.05) is 5.56 Å². The van der Waals surface area contributed by atoms with Crippen LogP contribution in [0.2, 0.25) is 0 Å². The molecule has 1 rings (SSSR count). The Morgan fingerprint density at radius 3 is 2.24 bits per heavy atom. The topological polar surface area (TPSA) is 29.5 Å². The van der Waals surface area contributed by atoms with E-state index in [2.05, 4.69) is 0 Å². The van der Waals surface area contributed by atoms with Gasteiger partial charge in [-0.2, -0.15) is 22.0 Å². The number of aliphatic hydroxyl groups is 1. The second kappa shape index (κ2) is 6.60. The Morgan fingerprint density at radius 1 is 1.14 bits per heavy atom. The molecule has 0 aliphatic rings.